The van der Waals surface area contributed by atoms with E-state index in [0.29, 0.717) is 6.42 Å². The Morgan fingerprint density at radius 1 is 1.58 bits per heavy atom. The lowest BCUT2D eigenvalue weighted by molar-refractivity contribution is -0.137. The molecule has 0 aliphatic carbocycles. The van der Waals surface area contributed by atoms with Crippen molar-refractivity contribution in [2.24, 2.45) is 5.73 Å². The molecule has 70 valence electrons. The van der Waals surface area contributed by atoms with Crippen LogP contribution in [0.4, 0.5) is 0 Å². The summed E-state index contributed by atoms with van der Waals surface area (Å²) in [5, 5.41) is 8.38. The van der Waals surface area contributed by atoms with Gasteiger partial charge in [-0.3, -0.25) is 4.79 Å². The van der Waals surface area contributed by atoms with Gasteiger partial charge in [0.2, 0.25) is 0 Å². The van der Waals surface area contributed by atoms with Crippen LogP contribution in [0.3, 0.4) is 0 Å². The van der Waals surface area contributed by atoms with Crippen molar-refractivity contribution < 1.29 is 9.90 Å². The lowest BCUT2D eigenvalue weighted by Gasteiger charge is -2.03. The van der Waals surface area contributed by atoms with Crippen molar-refractivity contribution in [2.45, 2.75) is 38.6 Å². The van der Waals surface area contributed by atoms with Gasteiger partial charge in [0.1, 0.15) is 0 Å². The minimum Gasteiger partial charge on any atom is -0.481 e. The van der Waals surface area contributed by atoms with Crippen LogP contribution in [-0.2, 0) is 4.79 Å². The molecule has 0 saturated heterocycles. The second-order valence-electron chi connectivity index (χ2n) is 2.85. The number of nitrogens with two attached hydrogens (primary N) is 1. The SMILES string of the molecule is CCCC=CCC(N)CC(=O)O. The van der Waals surface area contributed by atoms with Crippen molar-refractivity contribution in [3.8, 4) is 0 Å². The first-order chi connectivity index (χ1) is 5.66. The van der Waals surface area contributed by atoms with Crippen LogP contribution < -0.4 is 5.73 Å². The fourth-order valence-electron chi connectivity index (χ4n) is 0.863. The third-order valence-electron chi connectivity index (χ3n) is 1.50. The second kappa shape index (κ2) is 6.85. The third-order valence-corrected chi connectivity index (χ3v) is 1.50. The fraction of sp³-hybridized carbons (Fsp3) is 0.667. The Morgan fingerprint density at radius 2 is 2.25 bits per heavy atom. The number of allylic oxidation sites excluding steroid dienone is 1. The van der Waals surface area contributed by atoms with Crippen molar-refractivity contribution >= 4 is 5.97 Å². The van der Waals surface area contributed by atoms with E-state index in [0.717, 1.165) is 12.8 Å². The van der Waals surface area contributed by atoms with Gasteiger partial charge >= 0.3 is 5.97 Å². The number of carboxylic acid groups (broad SMARTS) is 1. The molecule has 0 aliphatic heterocycles. The van der Waals surface area contributed by atoms with Gasteiger partial charge in [-0.1, -0.05) is 25.5 Å². The zero-order valence-electron chi connectivity index (χ0n) is 7.49. The summed E-state index contributed by atoms with van der Waals surface area (Å²) in [7, 11) is 0. The van der Waals surface area contributed by atoms with E-state index in [2.05, 4.69) is 6.92 Å². The molecule has 3 heteroatoms. The summed E-state index contributed by atoms with van der Waals surface area (Å²) in [5.41, 5.74) is 5.52. The maximum absolute atomic E-state index is 10.2. The van der Waals surface area contributed by atoms with Crippen LogP contribution in [0, 0.1) is 0 Å². The smallest absolute Gasteiger partial charge is 0.304 e. The minimum atomic E-state index is -0.827. The maximum Gasteiger partial charge on any atom is 0.304 e. The van der Waals surface area contributed by atoms with Gasteiger partial charge in [-0.15, -0.1) is 0 Å². The number of hydrogen-bond donors (Lipinski definition) is 2. The van der Waals surface area contributed by atoms with Gasteiger partial charge in [0.05, 0.1) is 6.42 Å². The summed E-state index contributed by atoms with van der Waals surface area (Å²) in [4.78, 5) is 10.2. The third kappa shape index (κ3) is 7.28. The number of rotatable bonds is 6. The zero-order valence-corrected chi connectivity index (χ0v) is 7.49. The number of carbonyl (C=O) groups is 1. The van der Waals surface area contributed by atoms with Crippen molar-refractivity contribution in [3.05, 3.63) is 12.2 Å². The van der Waals surface area contributed by atoms with E-state index in [4.69, 9.17) is 10.8 Å². The molecule has 0 fully saturated rings. The molecule has 0 aliphatic rings. The Morgan fingerprint density at radius 3 is 2.75 bits per heavy atom. The lowest BCUT2D eigenvalue weighted by Crippen LogP contribution is -2.22. The van der Waals surface area contributed by atoms with Crippen molar-refractivity contribution in [1.82, 2.24) is 0 Å². The van der Waals surface area contributed by atoms with E-state index < -0.39 is 5.97 Å². The molecule has 3 nitrogen and oxygen atoms in total. The summed E-state index contributed by atoms with van der Waals surface area (Å²) in [5.74, 6) is -0.827. The largest absolute Gasteiger partial charge is 0.481 e. The molecule has 0 rings (SSSR count). The van der Waals surface area contributed by atoms with Crippen LogP contribution in [0.1, 0.15) is 32.6 Å². The maximum atomic E-state index is 10.2. The van der Waals surface area contributed by atoms with Gasteiger partial charge in [0.25, 0.3) is 0 Å². The summed E-state index contributed by atoms with van der Waals surface area (Å²) in [6.45, 7) is 2.10. The van der Waals surface area contributed by atoms with Crippen LogP contribution in [0.15, 0.2) is 12.2 Å². The van der Waals surface area contributed by atoms with Crippen LogP contribution in [0.2, 0.25) is 0 Å². The molecule has 0 aromatic rings. The molecule has 0 aromatic heterocycles. The summed E-state index contributed by atoms with van der Waals surface area (Å²) in [6.07, 6.45) is 6.87. The molecule has 0 heterocycles. The highest BCUT2D eigenvalue weighted by atomic mass is 16.4. The van der Waals surface area contributed by atoms with E-state index in [1.54, 1.807) is 0 Å². The lowest BCUT2D eigenvalue weighted by atomic mass is 10.1. The van der Waals surface area contributed by atoms with Gasteiger partial charge in [0.15, 0.2) is 0 Å². The summed E-state index contributed by atoms with van der Waals surface area (Å²) in [6, 6.07) is -0.240. The normalized spacial score (nSPS) is 13.5. The Labute approximate surface area is 73.3 Å². The Balaban J connectivity index is 3.42. The number of carboxylic acids is 1. The monoisotopic (exact) mass is 171 g/mol. The van der Waals surface area contributed by atoms with Crippen LogP contribution in [0.25, 0.3) is 0 Å². The molecule has 0 amide bonds. The molecule has 0 aromatic carbocycles. The van der Waals surface area contributed by atoms with E-state index in [-0.39, 0.29) is 12.5 Å². The highest BCUT2D eigenvalue weighted by Crippen LogP contribution is 1.97. The Hall–Kier alpha value is -0.830. The Bertz CT molecular complexity index is 155. The summed E-state index contributed by atoms with van der Waals surface area (Å²) < 4.78 is 0. The van der Waals surface area contributed by atoms with E-state index in [1.165, 1.54) is 0 Å². The molecule has 3 N–H and O–H groups in total. The van der Waals surface area contributed by atoms with Crippen LogP contribution >= 0.6 is 0 Å². The van der Waals surface area contributed by atoms with Crippen molar-refractivity contribution in [3.63, 3.8) is 0 Å². The molecule has 0 spiro atoms. The topological polar surface area (TPSA) is 63.3 Å². The molecule has 12 heavy (non-hydrogen) atoms. The van der Waals surface area contributed by atoms with E-state index in [9.17, 15) is 4.79 Å². The van der Waals surface area contributed by atoms with Crippen LogP contribution in [0.5, 0.6) is 0 Å². The van der Waals surface area contributed by atoms with Gasteiger partial charge in [0, 0.05) is 6.04 Å². The molecule has 1 atom stereocenters. The molecule has 1 unspecified atom stereocenters. The molecule has 0 bridgehead atoms. The predicted molar refractivity (Wildman–Crippen MR) is 48.9 cm³/mol. The average Bonchev–Trinajstić information content (AvgIpc) is 1.97. The quantitative estimate of drug-likeness (QED) is 0.596. The number of aliphatic carboxylic acids is 1. The number of hydrogen-bond acceptors (Lipinski definition) is 2. The second-order valence-corrected chi connectivity index (χ2v) is 2.85. The van der Waals surface area contributed by atoms with Crippen molar-refractivity contribution in [2.75, 3.05) is 0 Å². The first-order valence-corrected chi connectivity index (χ1v) is 4.29. The van der Waals surface area contributed by atoms with Gasteiger partial charge in [-0.25, -0.2) is 0 Å². The molecular weight excluding hydrogens is 154 g/mol. The van der Waals surface area contributed by atoms with Crippen molar-refractivity contribution in [1.29, 1.82) is 0 Å². The Kier molecular flexibility index (Phi) is 6.38. The highest BCUT2D eigenvalue weighted by Gasteiger charge is 2.04. The highest BCUT2D eigenvalue weighted by molar-refractivity contribution is 5.67. The van der Waals surface area contributed by atoms with E-state index >= 15 is 0 Å². The van der Waals surface area contributed by atoms with Gasteiger partial charge in [-0.2, -0.15) is 0 Å². The standard InChI is InChI=1S/C9H17NO2/c1-2-3-4-5-6-8(10)7-9(11)12/h4-5,8H,2-3,6-7,10H2,1H3,(H,11,12). The zero-order chi connectivity index (χ0) is 9.40. The number of unbranched alkanes of at least 4 members (excludes halogenated alkanes) is 1. The summed E-state index contributed by atoms with van der Waals surface area (Å²) >= 11 is 0. The first-order valence-electron chi connectivity index (χ1n) is 4.29. The average molecular weight is 171 g/mol. The molecule has 0 saturated carbocycles. The fourth-order valence-corrected chi connectivity index (χ4v) is 0.863. The minimum absolute atomic E-state index is 0.0520. The van der Waals surface area contributed by atoms with Gasteiger partial charge in [-0.05, 0) is 12.8 Å². The van der Waals surface area contributed by atoms with Crippen LogP contribution in [-0.4, -0.2) is 17.1 Å². The van der Waals surface area contributed by atoms with Gasteiger partial charge < -0.3 is 10.8 Å². The first kappa shape index (κ1) is 11.2. The molecular formula is C9H17NO2. The molecule has 0 radical (unpaired) electrons. The predicted octanol–water partition coefficient (Wildman–Crippen LogP) is 1.53. The van der Waals surface area contributed by atoms with E-state index in [1.807, 2.05) is 12.2 Å².